The Bertz CT molecular complexity index is 146. The molecule has 2 heteroatoms. The summed E-state index contributed by atoms with van der Waals surface area (Å²) >= 11 is 2.13. The molecule has 2 unspecified atom stereocenters. The Labute approximate surface area is 79.7 Å². The second-order valence-corrected chi connectivity index (χ2v) is 5.51. The van der Waals surface area contributed by atoms with Gasteiger partial charge in [-0.3, -0.25) is 0 Å². The highest BCUT2D eigenvalue weighted by atomic mass is 32.2. The van der Waals surface area contributed by atoms with E-state index in [1.165, 1.54) is 43.7 Å². The molecule has 0 aromatic carbocycles. The zero-order valence-corrected chi connectivity index (χ0v) is 8.75. The fourth-order valence-corrected chi connectivity index (χ4v) is 3.90. The summed E-state index contributed by atoms with van der Waals surface area (Å²) in [5.41, 5.74) is 0.488. The molecule has 12 heavy (non-hydrogen) atoms. The molecule has 1 nitrogen and oxygen atoms in total. The largest absolute Gasteiger partial charge is 0.311 e. The van der Waals surface area contributed by atoms with Gasteiger partial charge in [-0.15, -0.1) is 0 Å². The molecule has 0 aromatic heterocycles. The highest BCUT2D eigenvalue weighted by molar-refractivity contribution is 7.99. The van der Waals surface area contributed by atoms with Gasteiger partial charge >= 0.3 is 0 Å². The third kappa shape index (κ3) is 1.64. The molecule has 1 N–H and O–H groups in total. The minimum absolute atomic E-state index is 0.488. The summed E-state index contributed by atoms with van der Waals surface area (Å²) in [5, 5.41) is 3.72. The highest BCUT2D eigenvalue weighted by Crippen LogP contribution is 2.36. The van der Waals surface area contributed by atoms with Gasteiger partial charge in [0.1, 0.15) is 0 Å². The molecular formula is C10H19NS. The first-order chi connectivity index (χ1) is 5.81. The van der Waals surface area contributed by atoms with E-state index in [4.69, 9.17) is 0 Å². The summed E-state index contributed by atoms with van der Waals surface area (Å²) < 4.78 is 0. The van der Waals surface area contributed by atoms with Gasteiger partial charge in [-0.25, -0.2) is 0 Å². The van der Waals surface area contributed by atoms with Crippen LogP contribution in [0.1, 0.15) is 32.6 Å². The molecular weight excluding hydrogens is 166 g/mol. The maximum atomic E-state index is 3.72. The standard InChI is InChI=1S/C10H19NS/c1-10(5-2-3-6-11-10)9-4-7-12-8-9/h9,11H,2-8H2,1H3. The molecule has 2 heterocycles. The Morgan fingerprint density at radius 2 is 2.33 bits per heavy atom. The van der Waals surface area contributed by atoms with E-state index in [1.54, 1.807) is 0 Å². The molecule has 2 fully saturated rings. The summed E-state index contributed by atoms with van der Waals surface area (Å²) in [7, 11) is 0. The molecule has 0 radical (unpaired) electrons. The number of hydrogen-bond donors (Lipinski definition) is 1. The van der Waals surface area contributed by atoms with E-state index >= 15 is 0 Å². The molecule has 2 rings (SSSR count). The summed E-state index contributed by atoms with van der Waals surface area (Å²) in [6, 6.07) is 0. The van der Waals surface area contributed by atoms with E-state index in [9.17, 15) is 0 Å². The first-order valence-corrected chi connectivity index (χ1v) is 6.29. The molecule has 0 amide bonds. The van der Waals surface area contributed by atoms with Gasteiger partial charge in [0.15, 0.2) is 0 Å². The third-order valence-corrected chi connectivity index (χ3v) is 4.64. The highest BCUT2D eigenvalue weighted by Gasteiger charge is 2.36. The first-order valence-electron chi connectivity index (χ1n) is 5.14. The average Bonchev–Trinajstić information content (AvgIpc) is 2.58. The summed E-state index contributed by atoms with van der Waals surface area (Å²) in [5.74, 6) is 3.73. The predicted molar refractivity (Wildman–Crippen MR) is 55.7 cm³/mol. The van der Waals surface area contributed by atoms with Gasteiger partial charge in [-0.1, -0.05) is 6.42 Å². The predicted octanol–water partition coefficient (Wildman–Crippen LogP) is 2.27. The Morgan fingerprint density at radius 1 is 1.42 bits per heavy atom. The minimum Gasteiger partial charge on any atom is -0.311 e. The van der Waals surface area contributed by atoms with Crippen molar-refractivity contribution in [3.05, 3.63) is 0 Å². The third-order valence-electron chi connectivity index (χ3n) is 3.48. The van der Waals surface area contributed by atoms with Crippen molar-refractivity contribution in [3.8, 4) is 0 Å². The maximum Gasteiger partial charge on any atom is 0.0189 e. The van der Waals surface area contributed by atoms with Crippen LogP contribution in [0.2, 0.25) is 0 Å². The quantitative estimate of drug-likeness (QED) is 0.672. The molecule has 2 aliphatic heterocycles. The SMILES string of the molecule is CC1(C2CCSC2)CCCCN1. The first kappa shape index (κ1) is 8.89. The normalized spacial score (nSPS) is 43.2. The Balaban J connectivity index is 1.97. The van der Waals surface area contributed by atoms with Gasteiger partial charge in [-0.2, -0.15) is 11.8 Å². The second kappa shape index (κ2) is 3.59. The lowest BCUT2D eigenvalue weighted by Gasteiger charge is -2.40. The second-order valence-electron chi connectivity index (χ2n) is 4.36. The van der Waals surface area contributed by atoms with Crippen molar-refractivity contribution in [1.29, 1.82) is 0 Å². The lowest BCUT2D eigenvalue weighted by atomic mass is 9.79. The van der Waals surface area contributed by atoms with Crippen LogP contribution in [0.25, 0.3) is 0 Å². The molecule has 0 bridgehead atoms. The van der Waals surface area contributed by atoms with E-state index in [0.717, 1.165) is 5.92 Å². The van der Waals surface area contributed by atoms with Gasteiger partial charge in [0.05, 0.1) is 0 Å². The fraction of sp³-hybridized carbons (Fsp3) is 1.00. The molecule has 0 saturated carbocycles. The van der Waals surface area contributed by atoms with Crippen LogP contribution >= 0.6 is 11.8 Å². The minimum atomic E-state index is 0.488. The lowest BCUT2D eigenvalue weighted by Crippen LogP contribution is -2.51. The van der Waals surface area contributed by atoms with Crippen LogP contribution < -0.4 is 5.32 Å². The Hall–Kier alpha value is 0.310. The van der Waals surface area contributed by atoms with Crippen LogP contribution in [0.3, 0.4) is 0 Å². The van der Waals surface area contributed by atoms with E-state index < -0.39 is 0 Å². The van der Waals surface area contributed by atoms with Crippen LogP contribution in [-0.4, -0.2) is 23.6 Å². The van der Waals surface area contributed by atoms with E-state index in [0.29, 0.717) is 5.54 Å². The van der Waals surface area contributed by atoms with Crippen molar-refractivity contribution >= 4 is 11.8 Å². The van der Waals surface area contributed by atoms with Gasteiger partial charge in [0, 0.05) is 5.54 Å². The van der Waals surface area contributed by atoms with Gasteiger partial charge < -0.3 is 5.32 Å². The number of piperidine rings is 1. The monoisotopic (exact) mass is 185 g/mol. The van der Waals surface area contributed by atoms with E-state index in [2.05, 4.69) is 24.0 Å². The smallest absolute Gasteiger partial charge is 0.0189 e. The molecule has 0 spiro atoms. The van der Waals surface area contributed by atoms with Crippen molar-refractivity contribution in [3.63, 3.8) is 0 Å². The molecule has 2 saturated heterocycles. The van der Waals surface area contributed by atoms with Crippen LogP contribution in [0, 0.1) is 5.92 Å². The molecule has 2 atom stereocenters. The van der Waals surface area contributed by atoms with Crippen LogP contribution in [-0.2, 0) is 0 Å². The number of hydrogen-bond acceptors (Lipinski definition) is 2. The van der Waals surface area contributed by atoms with Crippen LogP contribution in [0.4, 0.5) is 0 Å². The van der Waals surface area contributed by atoms with Crippen molar-refractivity contribution in [2.24, 2.45) is 5.92 Å². The van der Waals surface area contributed by atoms with Crippen molar-refractivity contribution < 1.29 is 0 Å². The zero-order chi connectivity index (χ0) is 8.44. The van der Waals surface area contributed by atoms with Gasteiger partial charge in [0.25, 0.3) is 0 Å². The van der Waals surface area contributed by atoms with Crippen LogP contribution in [0.15, 0.2) is 0 Å². The van der Waals surface area contributed by atoms with Gasteiger partial charge in [-0.05, 0) is 50.2 Å². The molecule has 70 valence electrons. The van der Waals surface area contributed by atoms with E-state index in [1.807, 2.05) is 0 Å². The Morgan fingerprint density at radius 3 is 2.92 bits per heavy atom. The van der Waals surface area contributed by atoms with Crippen molar-refractivity contribution in [1.82, 2.24) is 5.32 Å². The lowest BCUT2D eigenvalue weighted by molar-refractivity contribution is 0.198. The van der Waals surface area contributed by atoms with Crippen molar-refractivity contribution in [2.75, 3.05) is 18.1 Å². The van der Waals surface area contributed by atoms with E-state index in [-0.39, 0.29) is 0 Å². The van der Waals surface area contributed by atoms with Crippen LogP contribution in [0.5, 0.6) is 0 Å². The molecule has 0 aliphatic carbocycles. The van der Waals surface area contributed by atoms with Gasteiger partial charge in [0.2, 0.25) is 0 Å². The summed E-state index contributed by atoms with van der Waals surface area (Å²) in [6.45, 7) is 3.68. The number of thioether (sulfide) groups is 1. The Kier molecular flexibility index (Phi) is 2.66. The number of nitrogens with one attached hydrogen (secondary N) is 1. The van der Waals surface area contributed by atoms with Crippen molar-refractivity contribution in [2.45, 2.75) is 38.1 Å². The average molecular weight is 185 g/mol. The summed E-state index contributed by atoms with van der Waals surface area (Å²) in [6.07, 6.45) is 5.66. The number of rotatable bonds is 1. The maximum absolute atomic E-state index is 3.72. The summed E-state index contributed by atoms with van der Waals surface area (Å²) in [4.78, 5) is 0. The molecule has 2 aliphatic rings. The topological polar surface area (TPSA) is 12.0 Å². The molecule has 0 aromatic rings. The fourth-order valence-electron chi connectivity index (χ4n) is 2.47. The zero-order valence-electron chi connectivity index (χ0n) is 7.94.